The minimum atomic E-state index is -0.833. The Balaban J connectivity index is 0.00000154. The van der Waals surface area contributed by atoms with Crippen molar-refractivity contribution in [2.75, 3.05) is 31.1 Å². The summed E-state index contributed by atoms with van der Waals surface area (Å²) in [5.74, 6) is -1.10. The molecular formula is C19H31N5O6. The van der Waals surface area contributed by atoms with Crippen LogP contribution in [0.2, 0.25) is 0 Å². The number of nitrogens with two attached hydrogens (primary N) is 1. The predicted octanol–water partition coefficient (Wildman–Crippen LogP) is 0.0680. The smallest absolute Gasteiger partial charge is 0.315 e. The molecule has 1 fully saturated rings. The van der Waals surface area contributed by atoms with Crippen LogP contribution in [0.25, 0.3) is 0 Å². The van der Waals surface area contributed by atoms with E-state index in [1.165, 1.54) is 0 Å². The lowest BCUT2D eigenvalue weighted by Gasteiger charge is -2.19. The Morgan fingerprint density at radius 3 is 2.43 bits per heavy atom. The second-order valence-corrected chi connectivity index (χ2v) is 6.37. The van der Waals surface area contributed by atoms with Crippen molar-refractivity contribution in [3.8, 4) is 0 Å². The molecule has 1 aliphatic rings. The third-order valence-electron chi connectivity index (χ3n) is 3.99. The molecule has 11 nitrogen and oxygen atoms in total. The van der Waals surface area contributed by atoms with Crippen molar-refractivity contribution >= 4 is 29.5 Å². The Kier molecular flexibility index (Phi) is 12.2. The van der Waals surface area contributed by atoms with Gasteiger partial charge in [-0.25, -0.2) is 4.79 Å². The van der Waals surface area contributed by atoms with Crippen molar-refractivity contribution in [3.05, 3.63) is 29.8 Å². The molecule has 1 aromatic carbocycles. The standard InChI is InChI=1S/C17H25N5O3.C2H4O2.H2O/c1-2-25-15(23)7-9-20-17(24)21-13-8-10-22(11-13)14-5-3-12(4-6-14)16(18)19;1-2(3)4;/h3-6,13H,2,7-11H2,1H3,(H3,18,19)(H2,20,21,24);1H3,(H,3,4);1H2. The Labute approximate surface area is 175 Å². The normalized spacial score (nSPS) is 14.5. The minimum absolute atomic E-state index is 0. The molecule has 1 atom stereocenters. The van der Waals surface area contributed by atoms with Crippen LogP contribution in [0.5, 0.6) is 0 Å². The summed E-state index contributed by atoms with van der Waals surface area (Å²) >= 11 is 0. The zero-order valence-corrected chi connectivity index (χ0v) is 17.2. The second kappa shape index (κ2) is 13.8. The number of hydrogen-bond acceptors (Lipinski definition) is 6. The number of ether oxygens (including phenoxy) is 1. The van der Waals surface area contributed by atoms with Crippen LogP contribution in [0, 0.1) is 5.41 Å². The van der Waals surface area contributed by atoms with Crippen molar-refractivity contribution in [2.45, 2.75) is 32.7 Å². The number of carboxylic acid groups (broad SMARTS) is 1. The van der Waals surface area contributed by atoms with E-state index in [4.69, 9.17) is 25.8 Å². The quantitative estimate of drug-likeness (QED) is 0.232. The summed E-state index contributed by atoms with van der Waals surface area (Å²) in [5.41, 5.74) is 7.19. The molecule has 2 amide bonds. The van der Waals surface area contributed by atoms with Gasteiger partial charge in [0.05, 0.1) is 13.0 Å². The molecule has 1 saturated heterocycles. The maximum atomic E-state index is 11.9. The van der Waals surface area contributed by atoms with Crippen LogP contribution in [-0.2, 0) is 14.3 Å². The van der Waals surface area contributed by atoms with E-state index in [2.05, 4.69) is 15.5 Å². The molecule has 2 rings (SSSR count). The number of nitrogen functional groups attached to an aromatic ring is 1. The van der Waals surface area contributed by atoms with Gasteiger partial charge in [0, 0.05) is 43.9 Å². The number of benzene rings is 1. The third kappa shape index (κ3) is 10.3. The third-order valence-corrected chi connectivity index (χ3v) is 3.99. The van der Waals surface area contributed by atoms with Gasteiger partial charge in [0.1, 0.15) is 5.84 Å². The summed E-state index contributed by atoms with van der Waals surface area (Å²) in [5, 5.41) is 20.4. The first-order valence-electron chi connectivity index (χ1n) is 9.31. The van der Waals surface area contributed by atoms with Gasteiger partial charge in [0.15, 0.2) is 0 Å². The largest absolute Gasteiger partial charge is 0.481 e. The van der Waals surface area contributed by atoms with Crippen LogP contribution in [0.3, 0.4) is 0 Å². The molecule has 0 aromatic heterocycles. The number of amides is 2. The number of esters is 1. The lowest BCUT2D eigenvalue weighted by Crippen LogP contribution is -2.44. The van der Waals surface area contributed by atoms with Crippen molar-refractivity contribution < 1.29 is 29.7 Å². The van der Waals surface area contributed by atoms with E-state index in [9.17, 15) is 9.59 Å². The van der Waals surface area contributed by atoms with Gasteiger partial charge in [-0.3, -0.25) is 15.0 Å². The molecule has 11 heteroatoms. The average Bonchev–Trinajstić information content (AvgIpc) is 3.10. The summed E-state index contributed by atoms with van der Waals surface area (Å²) in [6.45, 7) is 4.99. The number of aliphatic carboxylic acids is 1. The number of nitrogens with one attached hydrogen (secondary N) is 3. The highest BCUT2D eigenvalue weighted by molar-refractivity contribution is 5.95. The molecule has 1 heterocycles. The Bertz CT molecular complexity index is 706. The fraction of sp³-hybridized carbons (Fsp3) is 0.474. The van der Waals surface area contributed by atoms with Gasteiger partial charge in [-0.15, -0.1) is 0 Å². The van der Waals surface area contributed by atoms with Crippen molar-refractivity contribution in [1.29, 1.82) is 5.41 Å². The van der Waals surface area contributed by atoms with Gasteiger partial charge >= 0.3 is 12.0 Å². The highest BCUT2D eigenvalue weighted by atomic mass is 16.5. The molecule has 1 aromatic rings. The maximum Gasteiger partial charge on any atom is 0.315 e. The van der Waals surface area contributed by atoms with Gasteiger partial charge in [0.2, 0.25) is 0 Å². The molecule has 0 bridgehead atoms. The second-order valence-electron chi connectivity index (χ2n) is 6.37. The van der Waals surface area contributed by atoms with Gasteiger partial charge in [-0.1, -0.05) is 0 Å². The van der Waals surface area contributed by atoms with E-state index < -0.39 is 5.97 Å². The first kappa shape index (κ1) is 26.7. The zero-order valence-electron chi connectivity index (χ0n) is 17.2. The number of anilines is 1. The molecule has 8 N–H and O–H groups in total. The summed E-state index contributed by atoms with van der Waals surface area (Å²) in [6, 6.07) is 7.27. The van der Waals surface area contributed by atoms with Crippen LogP contribution in [-0.4, -0.2) is 66.7 Å². The van der Waals surface area contributed by atoms with Gasteiger partial charge in [-0.2, -0.15) is 0 Å². The number of hydrogen-bond donors (Lipinski definition) is 5. The van der Waals surface area contributed by atoms with E-state index in [1.54, 1.807) is 6.92 Å². The van der Waals surface area contributed by atoms with Crippen LogP contribution in [0.15, 0.2) is 24.3 Å². The number of carbonyl (C=O) groups excluding carboxylic acids is 2. The fourth-order valence-electron chi connectivity index (χ4n) is 2.71. The Hall–Kier alpha value is -3.34. The number of nitrogens with zero attached hydrogens (tertiary/aromatic N) is 1. The Morgan fingerprint density at radius 2 is 1.90 bits per heavy atom. The summed E-state index contributed by atoms with van der Waals surface area (Å²) < 4.78 is 4.80. The number of amidine groups is 1. The van der Waals surface area contributed by atoms with Crippen molar-refractivity contribution in [3.63, 3.8) is 0 Å². The Morgan fingerprint density at radius 1 is 1.30 bits per heavy atom. The zero-order chi connectivity index (χ0) is 21.8. The highest BCUT2D eigenvalue weighted by Crippen LogP contribution is 2.20. The number of urea groups is 1. The maximum absolute atomic E-state index is 11.9. The van der Waals surface area contributed by atoms with Gasteiger partial charge in [-0.05, 0) is 37.6 Å². The molecule has 168 valence electrons. The number of carbonyl (C=O) groups is 3. The van der Waals surface area contributed by atoms with E-state index in [0.717, 1.165) is 25.6 Å². The average molecular weight is 425 g/mol. The molecular weight excluding hydrogens is 394 g/mol. The molecule has 30 heavy (non-hydrogen) atoms. The van der Waals surface area contributed by atoms with Crippen molar-refractivity contribution in [2.24, 2.45) is 5.73 Å². The number of rotatable bonds is 7. The lowest BCUT2D eigenvalue weighted by molar-refractivity contribution is -0.143. The predicted molar refractivity (Wildman–Crippen MR) is 113 cm³/mol. The summed E-state index contributed by atoms with van der Waals surface area (Å²) in [7, 11) is 0. The summed E-state index contributed by atoms with van der Waals surface area (Å²) in [4.78, 5) is 34.3. The van der Waals surface area contributed by atoms with Crippen LogP contribution in [0.4, 0.5) is 10.5 Å². The molecule has 0 radical (unpaired) electrons. The van der Waals surface area contributed by atoms with Crippen LogP contribution < -0.4 is 21.3 Å². The monoisotopic (exact) mass is 425 g/mol. The number of carboxylic acids is 1. The van der Waals surface area contributed by atoms with Crippen LogP contribution in [0.1, 0.15) is 32.3 Å². The van der Waals surface area contributed by atoms with Crippen molar-refractivity contribution in [1.82, 2.24) is 10.6 Å². The van der Waals surface area contributed by atoms with Gasteiger partial charge in [0.25, 0.3) is 5.97 Å². The highest BCUT2D eigenvalue weighted by Gasteiger charge is 2.24. The molecule has 0 aliphatic carbocycles. The molecule has 0 saturated carbocycles. The lowest BCUT2D eigenvalue weighted by atomic mass is 10.2. The topological polar surface area (TPSA) is 189 Å². The first-order valence-corrected chi connectivity index (χ1v) is 9.31. The molecule has 1 unspecified atom stereocenters. The SMILES string of the molecule is CC(=O)O.CCOC(=O)CCNC(=O)NC1CCN(c2ccc(C(=N)N)cc2)C1.O. The van der Waals surface area contributed by atoms with E-state index in [-0.39, 0.29) is 42.3 Å². The fourth-order valence-corrected chi connectivity index (χ4v) is 2.71. The van der Waals surface area contributed by atoms with E-state index >= 15 is 0 Å². The minimum Gasteiger partial charge on any atom is -0.481 e. The van der Waals surface area contributed by atoms with E-state index in [0.29, 0.717) is 18.7 Å². The van der Waals surface area contributed by atoms with Gasteiger partial charge < -0.3 is 36.6 Å². The first-order chi connectivity index (χ1) is 13.7. The summed E-state index contributed by atoms with van der Waals surface area (Å²) in [6.07, 6.45) is 1.01. The van der Waals surface area contributed by atoms with Crippen LogP contribution >= 0.6 is 0 Å². The van der Waals surface area contributed by atoms with E-state index in [1.807, 2.05) is 24.3 Å². The molecule has 0 spiro atoms. The molecule has 1 aliphatic heterocycles.